The van der Waals surface area contributed by atoms with Crippen LogP contribution in [0.25, 0.3) is 6.08 Å². The van der Waals surface area contributed by atoms with Crippen LogP contribution in [0.3, 0.4) is 0 Å². The zero-order valence-electron chi connectivity index (χ0n) is 16.3. The molecule has 1 amide bonds. The molecule has 1 aliphatic rings. The Morgan fingerprint density at radius 3 is 2.63 bits per heavy atom. The van der Waals surface area contributed by atoms with Crippen LogP contribution in [0.5, 0.6) is 0 Å². The number of nitrogens with zero attached hydrogens (tertiary/aromatic N) is 3. The molecule has 1 aromatic heterocycles. The van der Waals surface area contributed by atoms with Gasteiger partial charge in [-0.1, -0.05) is 24.3 Å². The SMILES string of the molecule is Cc1nn(CCN2CCCC2c2ccc(C=CC(=O)NO)cc2)c(C)c1C. The third-order valence-corrected chi connectivity index (χ3v) is 5.56. The van der Waals surface area contributed by atoms with Crippen molar-refractivity contribution >= 4 is 12.0 Å². The zero-order valence-corrected chi connectivity index (χ0v) is 16.3. The minimum Gasteiger partial charge on any atom is -0.294 e. The number of hydrogen-bond donors (Lipinski definition) is 2. The Labute approximate surface area is 160 Å². The third-order valence-electron chi connectivity index (χ3n) is 5.56. The van der Waals surface area contributed by atoms with Gasteiger partial charge in [-0.05, 0) is 62.9 Å². The summed E-state index contributed by atoms with van der Waals surface area (Å²) >= 11 is 0. The number of rotatable bonds is 6. The normalized spacial score (nSPS) is 17.7. The maximum absolute atomic E-state index is 11.1. The van der Waals surface area contributed by atoms with Crippen molar-refractivity contribution in [2.75, 3.05) is 13.1 Å². The maximum atomic E-state index is 11.1. The topological polar surface area (TPSA) is 70.4 Å². The summed E-state index contributed by atoms with van der Waals surface area (Å²) in [5, 5.41) is 13.2. The largest absolute Gasteiger partial charge is 0.294 e. The quantitative estimate of drug-likeness (QED) is 0.467. The molecule has 0 radical (unpaired) electrons. The molecular formula is C21H28N4O2. The van der Waals surface area contributed by atoms with Crippen molar-refractivity contribution in [3.05, 3.63) is 58.4 Å². The highest BCUT2D eigenvalue weighted by Crippen LogP contribution is 2.32. The first-order valence-electron chi connectivity index (χ1n) is 9.46. The molecule has 144 valence electrons. The molecular weight excluding hydrogens is 340 g/mol. The van der Waals surface area contributed by atoms with E-state index in [9.17, 15) is 4.79 Å². The van der Waals surface area contributed by atoms with Crippen molar-refractivity contribution in [1.29, 1.82) is 0 Å². The summed E-state index contributed by atoms with van der Waals surface area (Å²) in [6.45, 7) is 9.35. The van der Waals surface area contributed by atoms with Crippen LogP contribution in [0.15, 0.2) is 30.3 Å². The number of nitrogens with one attached hydrogen (secondary N) is 1. The lowest BCUT2D eigenvalue weighted by atomic mass is 10.0. The lowest BCUT2D eigenvalue weighted by Gasteiger charge is -2.25. The molecule has 0 aliphatic carbocycles. The Kier molecular flexibility index (Phi) is 6.08. The van der Waals surface area contributed by atoms with Gasteiger partial charge in [0.15, 0.2) is 0 Å². The predicted molar refractivity (Wildman–Crippen MR) is 105 cm³/mol. The summed E-state index contributed by atoms with van der Waals surface area (Å²) in [5.74, 6) is -0.527. The van der Waals surface area contributed by atoms with Crippen molar-refractivity contribution in [3.63, 3.8) is 0 Å². The Morgan fingerprint density at radius 2 is 2.00 bits per heavy atom. The van der Waals surface area contributed by atoms with Gasteiger partial charge in [-0.2, -0.15) is 5.10 Å². The molecule has 2 N–H and O–H groups in total. The average Bonchev–Trinajstić information content (AvgIpc) is 3.25. The Balaban J connectivity index is 1.64. The van der Waals surface area contributed by atoms with E-state index in [1.807, 2.05) is 12.1 Å². The summed E-state index contributed by atoms with van der Waals surface area (Å²) in [7, 11) is 0. The number of carbonyl (C=O) groups excluding carboxylic acids is 1. The van der Waals surface area contributed by atoms with E-state index in [2.05, 4.69) is 47.6 Å². The number of carbonyl (C=O) groups is 1. The monoisotopic (exact) mass is 368 g/mol. The van der Waals surface area contributed by atoms with E-state index < -0.39 is 5.91 Å². The first kappa shape index (κ1) is 19.3. The standard InChI is InChI=1S/C21H28N4O2/c1-15-16(2)22-25(17(15)3)14-13-24-12-4-5-20(24)19-9-6-18(7-10-19)8-11-21(26)23-27/h6-11,20,27H,4-5,12-14H2,1-3H3,(H,23,26). The highest BCUT2D eigenvalue weighted by molar-refractivity contribution is 5.90. The van der Waals surface area contributed by atoms with Crippen LogP contribution < -0.4 is 5.48 Å². The fourth-order valence-corrected chi connectivity index (χ4v) is 3.74. The molecule has 0 saturated carbocycles. The molecule has 2 heterocycles. The Bertz CT molecular complexity index is 823. The predicted octanol–water partition coefficient (Wildman–Crippen LogP) is 3.16. The minimum absolute atomic E-state index is 0.432. The number of likely N-dealkylation sites (tertiary alicyclic amines) is 1. The molecule has 1 aliphatic heterocycles. The molecule has 1 saturated heterocycles. The molecule has 1 unspecified atom stereocenters. The minimum atomic E-state index is -0.527. The van der Waals surface area contributed by atoms with Gasteiger partial charge in [0, 0.05) is 24.4 Å². The van der Waals surface area contributed by atoms with E-state index in [0.29, 0.717) is 6.04 Å². The van der Waals surface area contributed by atoms with Crippen LogP contribution in [0.1, 0.15) is 47.0 Å². The van der Waals surface area contributed by atoms with Crippen molar-refractivity contribution in [3.8, 4) is 0 Å². The van der Waals surface area contributed by atoms with Gasteiger partial charge < -0.3 is 0 Å². The molecule has 27 heavy (non-hydrogen) atoms. The second-order valence-corrected chi connectivity index (χ2v) is 7.19. The van der Waals surface area contributed by atoms with Crippen LogP contribution in [-0.4, -0.2) is 38.9 Å². The molecule has 1 fully saturated rings. The third kappa shape index (κ3) is 4.46. The van der Waals surface area contributed by atoms with Gasteiger partial charge >= 0.3 is 0 Å². The van der Waals surface area contributed by atoms with E-state index >= 15 is 0 Å². The van der Waals surface area contributed by atoms with Gasteiger partial charge in [0.05, 0.1) is 12.2 Å². The summed E-state index contributed by atoms with van der Waals surface area (Å²) in [5.41, 5.74) is 7.49. The van der Waals surface area contributed by atoms with Crippen LogP contribution in [0.2, 0.25) is 0 Å². The van der Waals surface area contributed by atoms with Crippen LogP contribution in [-0.2, 0) is 11.3 Å². The van der Waals surface area contributed by atoms with Crippen molar-refractivity contribution in [1.82, 2.24) is 20.2 Å². The molecule has 3 rings (SSSR count). The lowest BCUT2D eigenvalue weighted by molar-refractivity contribution is -0.124. The number of amides is 1. The van der Waals surface area contributed by atoms with Gasteiger partial charge in [0.2, 0.25) is 0 Å². The van der Waals surface area contributed by atoms with Crippen LogP contribution in [0, 0.1) is 20.8 Å². The number of hydrogen-bond acceptors (Lipinski definition) is 4. The van der Waals surface area contributed by atoms with Gasteiger partial charge in [-0.15, -0.1) is 0 Å². The average molecular weight is 368 g/mol. The van der Waals surface area contributed by atoms with E-state index in [1.165, 1.54) is 29.3 Å². The number of benzene rings is 1. The summed E-state index contributed by atoms with van der Waals surface area (Å²) in [6, 6.07) is 8.72. The molecule has 2 aromatic rings. The Hall–Kier alpha value is -2.44. The highest BCUT2D eigenvalue weighted by Gasteiger charge is 2.25. The summed E-state index contributed by atoms with van der Waals surface area (Å²) < 4.78 is 2.13. The fourth-order valence-electron chi connectivity index (χ4n) is 3.74. The lowest BCUT2D eigenvalue weighted by Crippen LogP contribution is -2.27. The van der Waals surface area contributed by atoms with Gasteiger partial charge in [0.25, 0.3) is 5.91 Å². The molecule has 1 aromatic carbocycles. The van der Waals surface area contributed by atoms with Crippen LogP contribution in [0.4, 0.5) is 0 Å². The van der Waals surface area contributed by atoms with E-state index in [1.54, 1.807) is 11.6 Å². The molecule has 1 atom stereocenters. The highest BCUT2D eigenvalue weighted by atomic mass is 16.5. The molecule has 0 spiro atoms. The van der Waals surface area contributed by atoms with Gasteiger partial charge in [0.1, 0.15) is 0 Å². The fraction of sp³-hybridized carbons (Fsp3) is 0.429. The summed E-state index contributed by atoms with van der Waals surface area (Å²) in [6.07, 6.45) is 5.37. The van der Waals surface area contributed by atoms with E-state index in [4.69, 9.17) is 5.21 Å². The number of aromatic nitrogens is 2. The van der Waals surface area contributed by atoms with Crippen molar-refractivity contribution < 1.29 is 10.0 Å². The summed E-state index contributed by atoms with van der Waals surface area (Å²) in [4.78, 5) is 13.6. The smallest absolute Gasteiger partial charge is 0.267 e. The molecule has 6 nitrogen and oxygen atoms in total. The molecule has 6 heteroatoms. The van der Waals surface area contributed by atoms with Gasteiger partial charge in [-0.3, -0.25) is 19.6 Å². The van der Waals surface area contributed by atoms with Crippen molar-refractivity contribution in [2.45, 2.75) is 46.2 Å². The maximum Gasteiger partial charge on any atom is 0.267 e. The molecule has 0 bridgehead atoms. The zero-order chi connectivity index (χ0) is 19.4. The number of aryl methyl sites for hydroxylation is 1. The van der Waals surface area contributed by atoms with E-state index in [0.717, 1.165) is 37.3 Å². The second kappa shape index (κ2) is 8.50. The second-order valence-electron chi connectivity index (χ2n) is 7.19. The number of hydroxylamine groups is 1. The van der Waals surface area contributed by atoms with E-state index in [-0.39, 0.29) is 0 Å². The first-order chi connectivity index (χ1) is 13.0. The first-order valence-corrected chi connectivity index (χ1v) is 9.46. The van der Waals surface area contributed by atoms with Crippen molar-refractivity contribution in [2.24, 2.45) is 0 Å². The Morgan fingerprint density at radius 1 is 1.26 bits per heavy atom. The van der Waals surface area contributed by atoms with Crippen LogP contribution >= 0.6 is 0 Å². The van der Waals surface area contributed by atoms with Gasteiger partial charge in [-0.25, -0.2) is 5.48 Å².